The predicted molar refractivity (Wildman–Crippen MR) is 69.8 cm³/mol. The lowest BCUT2D eigenvalue weighted by Gasteiger charge is -2.04. The van der Waals surface area contributed by atoms with Crippen LogP contribution < -0.4 is 16.4 Å². The van der Waals surface area contributed by atoms with Crippen molar-refractivity contribution in [3.8, 4) is 0 Å². The minimum Gasteiger partial charge on any atom is -0.351 e. The number of urea groups is 1. The van der Waals surface area contributed by atoms with E-state index in [0.717, 1.165) is 0 Å². The van der Waals surface area contributed by atoms with E-state index in [1.807, 2.05) is 5.32 Å². The fourth-order valence-corrected chi connectivity index (χ4v) is 1.33. The standard InChI is InChI=1S/C11H10BrN3O4/c12-5-8(16)14-9(17)6-1-3-7(4-2-6)10(18)15-11(13)19/h1-4H,5H2,(H,14,16,17)(H3,13,15,18,19). The number of hydrogen-bond acceptors (Lipinski definition) is 4. The number of nitrogens with one attached hydrogen (secondary N) is 2. The minimum absolute atomic E-state index is 0.0117. The average molecular weight is 328 g/mol. The highest BCUT2D eigenvalue weighted by Crippen LogP contribution is 2.04. The first-order valence-electron chi connectivity index (χ1n) is 5.05. The summed E-state index contributed by atoms with van der Waals surface area (Å²) in [6.07, 6.45) is 0. The maximum Gasteiger partial charge on any atom is 0.319 e. The van der Waals surface area contributed by atoms with Gasteiger partial charge in [0.25, 0.3) is 11.8 Å². The van der Waals surface area contributed by atoms with Gasteiger partial charge in [-0.2, -0.15) is 0 Å². The molecule has 1 rings (SSSR count). The first kappa shape index (κ1) is 14.8. The summed E-state index contributed by atoms with van der Waals surface area (Å²) in [6, 6.07) is 4.42. The Hall–Kier alpha value is -2.22. The second-order valence-corrected chi connectivity index (χ2v) is 3.97. The van der Waals surface area contributed by atoms with E-state index in [0.29, 0.717) is 0 Å². The van der Waals surface area contributed by atoms with Crippen LogP contribution in [0.15, 0.2) is 24.3 Å². The maximum atomic E-state index is 11.5. The van der Waals surface area contributed by atoms with E-state index in [1.54, 1.807) is 0 Å². The zero-order valence-corrected chi connectivity index (χ0v) is 11.2. The highest BCUT2D eigenvalue weighted by Gasteiger charge is 2.11. The number of nitrogens with two attached hydrogens (primary N) is 1. The van der Waals surface area contributed by atoms with Gasteiger partial charge in [0.2, 0.25) is 5.91 Å². The van der Waals surface area contributed by atoms with Crippen molar-refractivity contribution in [2.45, 2.75) is 0 Å². The first-order valence-corrected chi connectivity index (χ1v) is 6.17. The van der Waals surface area contributed by atoms with Gasteiger partial charge < -0.3 is 5.73 Å². The van der Waals surface area contributed by atoms with Gasteiger partial charge in [-0.3, -0.25) is 25.0 Å². The van der Waals surface area contributed by atoms with Crippen LogP contribution in [0, 0.1) is 0 Å². The number of halogens is 1. The van der Waals surface area contributed by atoms with Gasteiger partial charge >= 0.3 is 6.03 Å². The van der Waals surface area contributed by atoms with Crippen molar-refractivity contribution < 1.29 is 19.2 Å². The molecule has 0 heterocycles. The molecule has 0 aliphatic carbocycles. The Labute approximate surface area is 116 Å². The summed E-state index contributed by atoms with van der Waals surface area (Å²) >= 11 is 2.91. The van der Waals surface area contributed by atoms with Gasteiger partial charge in [-0.15, -0.1) is 0 Å². The van der Waals surface area contributed by atoms with Crippen molar-refractivity contribution in [1.82, 2.24) is 10.6 Å². The third-order valence-corrected chi connectivity index (χ3v) is 2.53. The minimum atomic E-state index is -0.963. The van der Waals surface area contributed by atoms with Crippen LogP contribution >= 0.6 is 15.9 Å². The Morgan fingerprint density at radius 3 is 1.74 bits per heavy atom. The molecule has 19 heavy (non-hydrogen) atoms. The Morgan fingerprint density at radius 2 is 1.37 bits per heavy atom. The molecule has 0 saturated carbocycles. The molecule has 1 aromatic rings. The van der Waals surface area contributed by atoms with E-state index in [2.05, 4.69) is 21.2 Å². The lowest BCUT2D eigenvalue weighted by atomic mass is 10.1. The second kappa shape index (κ2) is 6.64. The number of carbonyl (C=O) groups excluding carboxylic acids is 4. The number of hydrogen-bond donors (Lipinski definition) is 3. The molecule has 0 fully saturated rings. The van der Waals surface area contributed by atoms with Crippen LogP contribution in [-0.4, -0.2) is 29.1 Å². The highest BCUT2D eigenvalue weighted by atomic mass is 79.9. The van der Waals surface area contributed by atoms with Crippen LogP contribution in [0.2, 0.25) is 0 Å². The summed E-state index contributed by atoms with van der Waals surface area (Å²) in [5, 5.41) is 4.03. The van der Waals surface area contributed by atoms with E-state index in [1.165, 1.54) is 24.3 Å². The lowest BCUT2D eigenvalue weighted by Crippen LogP contribution is -2.35. The van der Waals surface area contributed by atoms with Gasteiger partial charge in [-0.05, 0) is 24.3 Å². The topological polar surface area (TPSA) is 118 Å². The molecule has 0 aromatic heterocycles. The van der Waals surface area contributed by atoms with Crippen LogP contribution in [0.1, 0.15) is 20.7 Å². The Morgan fingerprint density at radius 1 is 0.947 bits per heavy atom. The van der Waals surface area contributed by atoms with Gasteiger partial charge in [0.05, 0.1) is 5.33 Å². The molecule has 0 spiro atoms. The predicted octanol–water partition coefficient (Wildman–Crippen LogP) is 0.146. The Kier molecular flexibility index (Phi) is 5.19. The largest absolute Gasteiger partial charge is 0.351 e. The molecule has 0 atom stereocenters. The molecule has 5 amide bonds. The number of rotatable bonds is 3. The monoisotopic (exact) mass is 327 g/mol. The highest BCUT2D eigenvalue weighted by molar-refractivity contribution is 9.09. The van der Waals surface area contributed by atoms with Gasteiger partial charge in [0, 0.05) is 11.1 Å². The Bertz CT molecular complexity index is 527. The number of alkyl halides is 1. The van der Waals surface area contributed by atoms with E-state index >= 15 is 0 Å². The summed E-state index contributed by atoms with van der Waals surface area (Å²) in [5.41, 5.74) is 5.18. The summed E-state index contributed by atoms with van der Waals surface area (Å²) in [6.45, 7) is 0. The fourth-order valence-electron chi connectivity index (χ4n) is 1.19. The summed E-state index contributed by atoms with van der Waals surface area (Å²) < 4.78 is 0. The number of amides is 5. The number of imide groups is 2. The number of benzene rings is 1. The molecule has 0 radical (unpaired) electrons. The smallest absolute Gasteiger partial charge is 0.319 e. The summed E-state index contributed by atoms with van der Waals surface area (Å²) in [7, 11) is 0. The van der Waals surface area contributed by atoms with Crippen LogP contribution in [0.3, 0.4) is 0 Å². The molecule has 1 aromatic carbocycles. The third kappa shape index (κ3) is 4.51. The van der Waals surface area contributed by atoms with Gasteiger partial charge in [-0.1, -0.05) is 15.9 Å². The van der Waals surface area contributed by atoms with Crippen molar-refractivity contribution in [2.75, 3.05) is 5.33 Å². The molecule has 100 valence electrons. The molecule has 7 nitrogen and oxygen atoms in total. The van der Waals surface area contributed by atoms with Gasteiger partial charge in [0.1, 0.15) is 0 Å². The van der Waals surface area contributed by atoms with Crippen molar-refractivity contribution in [3.63, 3.8) is 0 Å². The molecule has 0 unspecified atom stereocenters. The van der Waals surface area contributed by atoms with Crippen molar-refractivity contribution in [2.24, 2.45) is 5.73 Å². The fraction of sp³-hybridized carbons (Fsp3) is 0.0909. The molecular weight excluding hydrogens is 318 g/mol. The molecular formula is C11H10BrN3O4. The molecule has 4 N–H and O–H groups in total. The van der Waals surface area contributed by atoms with Crippen molar-refractivity contribution in [1.29, 1.82) is 0 Å². The van der Waals surface area contributed by atoms with E-state index in [-0.39, 0.29) is 16.5 Å². The SMILES string of the molecule is NC(=O)NC(=O)c1ccc(C(=O)NC(=O)CBr)cc1. The maximum absolute atomic E-state index is 11.5. The van der Waals surface area contributed by atoms with Gasteiger partial charge in [-0.25, -0.2) is 4.79 Å². The molecule has 0 aliphatic rings. The van der Waals surface area contributed by atoms with Crippen LogP contribution in [0.4, 0.5) is 4.79 Å². The second-order valence-electron chi connectivity index (χ2n) is 3.41. The van der Waals surface area contributed by atoms with Crippen molar-refractivity contribution >= 4 is 39.7 Å². The molecule has 0 saturated heterocycles. The lowest BCUT2D eigenvalue weighted by molar-refractivity contribution is -0.117. The number of carbonyl (C=O) groups is 4. The Balaban J connectivity index is 2.76. The summed E-state index contributed by atoms with van der Waals surface area (Å²) in [4.78, 5) is 44.4. The van der Waals surface area contributed by atoms with Gasteiger partial charge in [0.15, 0.2) is 0 Å². The zero-order chi connectivity index (χ0) is 14.4. The van der Waals surface area contributed by atoms with E-state index in [4.69, 9.17) is 5.73 Å². The third-order valence-electron chi connectivity index (χ3n) is 2.02. The molecule has 0 bridgehead atoms. The molecule has 0 aliphatic heterocycles. The average Bonchev–Trinajstić information content (AvgIpc) is 2.37. The van der Waals surface area contributed by atoms with Crippen molar-refractivity contribution in [3.05, 3.63) is 35.4 Å². The van der Waals surface area contributed by atoms with E-state index < -0.39 is 23.8 Å². The van der Waals surface area contributed by atoms with Crippen LogP contribution in [0.25, 0.3) is 0 Å². The summed E-state index contributed by atoms with van der Waals surface area (Å²) in [5.74, 6) is -1.72. The quantitative estimate of drug-likeness (QED) is 0.684. The number of primary amides is 1. The van der Waals surface area contributed by atoms with E-state index in [9.17, 15) is 19.2 Å². The first-order chi connectivity index (χ1) is 8.93. The normalized spacial score (nSPS) is 9.53. The molecule has 8 heteroatoms. The van der Waals surface area contributed by atoms with Crippen LogP contribution in [-0.2, 0) is 4.79 Å². The zero-order valence-electron chi connectivity index (χ0n) is 9.60. The van der Waals surface area contributed by atoms with Crippen LogP contribution in [0.5, 0.6) is 0 Å².